The van der Waals surface area contributed by atoms with Crippen molar-refractivity contribution in [1.29, 1.82) is 0 Å². The molecule has 0 aliphatic carbocycles. The molecule has 0 radical (unpaired) electrons. The minimum atomic E-state index is -4.41. The van der Waals surface area contributed by atoms with Gasteiger partial charge in [-0.15, -0.1) is 0 Å². The van der Waals surface area contributed by atoms with Crippen LogP contribution >= 0.6 is 7.82 Å². The predicted octanol–water partition coefficient (Wildman–Crippen LogP) is 8.53. The molecule has 2 unspecified atom stereocenters. The van der Waals surface area contributed by atoms with Crippen LogP contribution in [0.15, 0.2) is 85.1 Å². The maximum atomic E-state index is 12.0. The maximum Gasteiger partial charge on any atom is 0.472 e. The van der Waals surface area contributed by atoms with Crippen molar-refractivity contribution in [2.45, 2.75) is 110 Å². The Morgan fingerprint density at radius 3 is 1.70 bits per heavy atom. The van der Waals surface area contributed by atoms with E-state index in [1.54, 1.807) is 0 Å². The molecule has 0 aromatic carbocycles. The normalized spacial score (nSPS) is 14.6. The van der Waals surface area contributed by atoms with Crippen LogP contribution in [-0.4, -0.2) is 54.3 Å². The van der Waals surface area contributed by atoms with Crippen molar-refractivity contribution >= 4 is 19.7 Å². The predicted molar refractivity (Wildman–Crippen MR) is 192 cm³/mol. The molecule has 1 amide bonds. The molecule has 10 heteroatoms. The second-order valence-corrected chi connectivity index (χ2v) is 12.2. The van der Waals surface area contributed by atoms with E-state index in [1.165, 1.54) is 0 Å². The standard InChI is InChI=1S/C37H60NO8P/c1-3-5-7-8-9-10-11-12-13-14-15-16-17-18-19-20-21-22-23-24-25-26-28-29-36(40)38-31-32-45-47(42,43)46-34-35(39)33-44-37(41)30-27-6-4-2/h5,7,9-10,12-13,15-16,18-19,21-22,24-25,35,39H,3-4,6,8,11,14,17,20,23,26-34H2,1-2H3,(H,38,40)(H,42,43)/b7-5-,10-9-,13-12-,16-15-,19-18-,22-21-,25-24-. The van der Waals surface area contributed by atoms with Crippen LogP contribution in [0.2, 0.25) is 0 Å². The Morgan fingerprint density at radius 1 is 0.681 bits per heavy atom. The molecule has 0 fully saturated rings. The average molecular weight is 678 g/mol. The van der Waals surface area contributed by atoms with Crippen LogP contribution in [0.4, 0.5) is 0 Å². The fraction of sp³-hybridized carbons (Fsp3) is 0.568. The Kier molecular flexibility index (Phi) is 31.1. The minimum absolute atomic E-state index is 0.0448. The van der Waals surface area contributed by atoms with Gasteiger partial charge in [0.15, 0.2) is 0 Å². The van der Waals surface area contributed by atoms with Gasteiger partial charge in [-0.3, -0.25) is 18.6 Å². The van der Waals surface area contributed by atoms with E-state index in [4.69, 9.17) is 13.8 Å². The van der Waals surface area contributed by atoms with Crippen molar-refractivity contribution in [1.82, 2.24) is 5.32 Å². The third kappa shape index (κ3) is 34.3. The maximum absolute atomic E-state index is 12.0. The van der Waals surface area contributed by atoms with E-state index < -0.39 is 26.5 Å². The lowest BCUT2D eigenvalue weighted by molar-refractivity contribution is -0.147. The number of rotatable bonds is 30. The van der Waals surface area contributed by atoms with Crippen LogP contribution < -0.4 is 5.32 Å². The summed E-state index contributed by atoms with van der Waals surface area (Å²) in [6.45, 7) is 3.11. The molecule has 0 rings (SSSR count). The number of unbranched alkanes of at least 4 members (excludes halogenated alkanes) is 3. The van der Waals surface area contributed by atoms with Crippen LogP contribution in [0, 0.1) is 0 Å². The number of hydrogen-bond acceptors (Lipinski definition) is 7. The smallest absolute Gasteiger partial charge is 0.463 e. The van der Waals surface area contributed by atoms with Crippen molar-refractivity contribution in [3.05, 3.63) is 85.1 Å². The van der Waals surface area contributed by atoms with Crippen molar-refractivity contribution in [3.63, 3.8) is 0 Å². The van der Waals surface area contributed by atoms with Crippen molar-refractivity contribution in [2.24, 2.45) is 0 Å². The monoisotopic (exact) mass is 677 g/mol. The van der Waals surface area contributed by atoms with Crippen LogP contribution in [0.1, 0.15) is 104 Å². The summed E-state index contributed by atoms with van der Waals surface area (Å²) >= 11 is 0. The van der Waals surface area contributed by atoms with E-state index in [-0.39, 0.29) is 32.1 Å². The molecule has 0 aromatic rings. The van der Waals surface area contributed by atoms with E-state index in [1.807, 2.05) is 6.92 Å². The fourth-order valence-electron chi connectivity index (χ4n) is 3.78. The third-order valence-electron chi connectivity index (χ3n) is 6.34. The second-order valence-electron chi connectivity index (χ2n) is 10.8. The number of allylic oxidation sites excluding steroid dienone is 14. The zero-order chi connectivity index (χ0) is 34.7. The molecule has 0 bridgehead atoms. The van der Waals surface area contributed by atoms with Gasteiger partial charge in [0.2, 0.25) is 5.91 Å². The number of carbonyl (C=O) groups is 2. The highest BCUT2D eigenvalue weighted by molar-refractivity contribution is 7.47. The molecule has 0 heterocycles. The molecule has 0 aromatic heterocycles. The molecule has 0 aliphatic rings. The highest BCUT2D eigenvalue weighted by Crippen LogP contribution is 2.42. The van der Waals surface area contributed by atoms with Gasteiger partial charge in [0.05, 0.1) is 13.2 Å². The van der Waals surface area contributed by atoms with E-state index in [0.29, 0.717) is 19.3 Å². The number of phosphoric ester groups is 1. The lowest BCUT2D eigenvalue weighted by atomic mass is 10.2. The van der Waals surface area contributed by atoms with Crippen LogP contribution in [0.3, 0.4) is 0 Å². The summed E-state index contributed by atoms with van der Waals surface area (Å²) in [7, 11) is -4.41. The first-order valence-corrected chi connectivity index (χ1v) is 18.6. The summed E-state index contributed by atoms with van der Waals surface area (Å²) in [6, 6.07) is 0. The van der Waals surface area contributed by atoms with Crippen molar-refractivity contribution in [2.75, 3.05) is 26.4 Å². The number of aliphatic hydroxyl groups excluding tert-OH is 1. The number of carbonyl (C=O) groups excluding carboxylic acids is 2. The SMILES string of the molecule is CC/C=C\C/C=C\C/C=C\C/C=C\C/C=C\C/C=C\C/C=C\CCCC(=O)NCCOP(=O)(O)OCC(O)COC(=O)CCCCC. The molecule has 47 heavy (non-hydrogen) atoms. The second kappa shape index (κ2) is 33.1. The van der Waals surface area contributed by atoms with Gasteiger partial charge < -0.3 is 20.1 Å². The summed E-state index contributed by atoms with van der Waals surface area (Å²) in [4.78, 5) is 33.2. The number of phosphoric acid groups is 1. The van der Waals surface area contributed by atoms with Crippen molar-refractivity contribution < 1.29 is 37.9 Å². The molecule has 0 aliphatic heterocycles. The Bertz CT molecular complexity index is 1040. The van der Waals surface area contributed by atoms with Gasteiger partial charge in [-0.25, -0.2) is 4.57 Å². The van der Waals surface area contributed by atoms with E-state index in [0.717, 1.165) is 64.2 Å². The molecule has 0 saturated heterocycles. The largest absolute Gasteiger partial charge is 0.472 e. The van der Waals surface area contributed by atoms with Gasteiger partial charge >= 0.3 is 13.8 Å². The highest BCUT2D eigenvalue weighted by atomic mass is 31.2. The quantitative estimate of drug-likeness (QED) is 0.0298. The summed E-state index contributed by atoms with van der Waals surface area (Å²) < 4.78 is 26.3. The van der Waals surface area contributed by atoms with Gasteiger partial charge in [-0.05, 0) is 64.2 Å². The summed E-state index contributed by atoms with van der Waals surface area (Å²) in [5.41, 5.74) is 0. The zero-order valence-corrected chi connectivity index (χ0v) is 29.6. The summed E-state index contributed by atoms with van der Waals surface area (Å²) in [6.07, 6.45) is 40.4. The Balaban J connectivity index is 3.75. The first kappa shape index (κ1) is 44.2. The van der Waals surface area contributed by atoms with E-state index in [2.05, 4.69) is 97.3 Å². The zero-order valence-electron chi connectivity index (χ0n) is 28.7. The molecule has 2 atom stereocenters. The number of aliphatic hydroxyl groups is 1. The van der Waals surface area contributed by atoms with Crippen LogP contribution in [0.25, 0.3) is 0 Å². The highest BCUT2D eigenvalue weighted by Gasteiger charge is 2.23. The number of ether oxygens (including phenoxy) is 1. The van der Waals surface area contributed by atoms with Gasteiger partial charge in [-0.1, -0.05) is 112 Å². The Labute approximate surface area is 283 Å². The molecule has 3 N–H and O–H groups in total. The number of nitrogens with one attached hydrogen (secondary N) is 1. The summed E-state index contributed by atoms with van der Waals surface area (Å²) in [5, 5.41) is 12.4. The lowest BCUT2D eigenvalue weighted by Crippen LogP contribution is -2.27. The van der Waals surface area contributed by atoms with Gasteiger partial charge in [0.1, 0.15) is 12.7 Å². The third-order valence-corrected chi connectivity index (χ3v) is 7.32. The van der Waals surface area contributed by atoms with E-state index in [9.17, 15) is 24.2 Å². The van der Waals surface area contributed by atoms with Crippen LogP contribution in [0.5, 0.6) is 0 Å². The molecule has 9 nitrogen and oxygen atoms in total. The van der Waals surface area contributed by atoms with Gasteiger partial charge in [0, 0.05) is 19.4 Å². The first-order valence-electron chi connectivity index (χ1n) is 17.1. The summed E-state index contributed by atoms with van der Waals surface area (Å²) in [5.74, 6) is -0.613. The number of esters is 1. The fourth-order valence-corrected chi connectivity index (χ4v) is 4.53. The van der Waals surface area contributed by atoms with Crippen molar-refractivity contribution in [3.8, 4) is 0 Å². The van der Waals surface area contributed by atoms with Gasteiger partial charge in [-0.2, -0.15) is 0 Å². The topological polar surface area (TPSA) is 131 Å². The van der Waals surface area contributed by atoms with Gasteiger partial charge in [0.25, 0.3) is 0 Å². The molecular weight excluding hydrogens is 617 g/mol. The molecule has 0 saturated carbocycles. The molecule has 266 valence electrons. The number of amides is 1. The molecule has 0 spiro atoms. The Morgan fingerprint density at radius 2 is 1.19 bits per heavy atom. The average Bonchev–Trinajstić information content (AvgIpc) is 3.05. The minimum Gasteiger partial charge on any atom is -0.463 e. The number of hydrogen-bond donors (Lipinski definition) is 3. The first-order chi connectivity index (χ1) is 22.8. The Hall–Kier alpha value is -2.81. The van der Waals surface area contributed by atoms with E-state index >= 15 is 0 Å². The van der Waals surface area contributed by atoms with Crippen LogP contribution in [-0.2, 0) is 27.9 Å². The lowest BCUT2D eigenvalue weighted by Gasteiger charge is -2.15. The molecular formula is C37H60NO8P.